The summed E-state index contributed by atoms with van der Waals surface area (Å²) in [4.78, 5) is 10.8. The Morgan fingerprint density at radius 2 is 2.15 bits per heavy atom. The maximum atomic E-state index is 10.8. The number of carbonyl (C=O) groups is 1. The Balaban J connectivity index is 3.29. The van der Waals surface area contributed by atoms with Crippen molar-refractivity contribution in [1.29, 1.82) is 0 Å². The van der Waals surface area contributed by atoms with E-state index >= 15 is 0 Å². The van der Waals surface area contributed by atoms with Gasteiger partial charge in [0.1, 0.15) is 0 Å². The van der Waals surface area contributed by atoms with Gasteiger partial charge in [-0.05, 0) is 6.92 Å². The molecule has 0 bridgehead atoms. The molecule has 0 aliphatic carbocycles. The monoisotopic (exact) mass is 190 g/mol. The first-order valence-corrected chi connectivity index (χ1v) is 4.25. The second-order valence-electron chi connectivity index (χ2n) is 2.69. The molecule has 0 fully saturated rings. The van der Waals surface area contributed by atoms with Crippen molar-refractivity contribution >= 4 is 6.03 Å². The lowest BCUT2D eigenvalue weighted by Crippen LogP contribution is -2.41. The first kappa shape index (κ1) is 12.2. The van der Waals surface area contributed by atoms with Crippen LogP contribution in [0.25, 0.3) is 0 Å². The minimum Gasteiger partial charge on any atom is -0.382 e. The molecule has 0 aliphatic heterocycles. The Hall–Kier alpha value is -0.810. The van der Waals surface area contributed by atoms with Crippen molar-refractivity contribution in [2.75, 3.05) is 34.0 Å². The molecule has 0 saturated heterocycles. The van der Waals surface area contributed by atoms with Crippen molar-refractivity contribution in [2.24, 2.45) is 0 Å². The van der Waals surface area contributed by atoms with E-state index in [-0.39, 0.29) is 12.1 Å². The molecule has 78 valence electrons. The lowest BCUT2D eigenvalue weighted by atomic mass is 10.4. The second kappa shape index (κ2) is 7.82. The highest BCUT2D eigenvalue weighted by Gasteiger charge is 2.04. The number of methoxy groups -OCH3 is 1. The van der Waals surface area contributed by atoms with Gasteiger partial charge in [-0.2, -0.15) is 0 Å². The molecule has 0 heterocycles. The molecule has 1 unspecified atom stereocenters. The van der Waals surface area contributed by atoms with Gasteiger partial charge >= 0.3 is 6.03 Å². The third-order valence-corrected chi connectivity index (χ3v) is 1.40. The molecule has 13 heavy (non-hydrogen) atoms. The normalized spacial score (nSPS) is 12.2. The average Bonchev–Trinajstić information content (AvgIpc) is 2.12. The minimum atomic E-state index is -0.192. The highest BCUT2D eigenvalue weighted by molar-refractivity contribution is 5.73. The quantitative estimate of drug-likeness (QED) is 0.578. The van der Waals surface area contributed by atoms with Crippen molar-refractivity contribution in [1.82, 2.24) is 10.6 Å². The van der Waals surface area contributed by atoms with Crippen LogP contribution in [0.1, 0.15) is 6.92 Å². The summed E-state index contributed by atoms with van der Waals surface area (Å²) in [6.07, 6.45) is 0. The van der Waals surface area contributed by atoms with Gasteiger partial charge in [0.15, 0.2) is 0 Å². The Kier molecular flexibility index (Phi) is 7.33. The number of hydrogen-bond donors (Lipinski definition) is 2. The van der Waals surface area contributed by atoms with Gasteiger partial charge in [0, 0.05) is 14.2 Å². The van der Waals surface area contributed by atoms with E-state index in [0.29, 0.717) is 19.8 Å². The summed E-state index contributed by atoms with van der Waals surface area (Å²) in [5.74, 6) is 0. The largest absolute Gasteiger partial charge is 0.382 e. The Labute approximate surface area is 78.8 Å². The topological polar surface area (TPSA) is 59.6 Å². The van der Waals surface area contributed by atoms with Gasteiger partial charge in [0.05, 0.1) is 25.9 Å². The van der Waals surface area contributed by atoms with Gasteiger partial charge in [-0.3, -0.25) is 0 Å². The maximum Gasteiger partial charge on any atom is 0.314 e. The van der Waals surface area contributed by atoms with Crippen LogP contribution in [0.3, 0.4) is 0 Å². The fourth-order valence-electron chi connectivity index (χ4n) is 0.740. The van der Waals surface area contributed by atoms with Crippen molar-refractivity contribution < 1.29 is 14.3 Å². The summed E-state index contributed by atoms with van der Waals surface area (Å²) in [5, 5.41) is 5.16. The second-order valence-corrected chi connectivity index (χ2v) is 2.69. The highest BCUT2D eigenvalue weighted by Crippen LogP contribution is 1.84. The zero-order valence-electron chi connectivity index (χ0n) is 8.42. The Morgan fingerprint density at radius 1 is 1.46 bits per heavy atom. The third kappa shape index (κ3) is 7.55. The third-order valence-electron chi connectivity index (χ3n) is 1.40. The molecule has 0 aromatic heterocycles. The molecule has 0 aromatic carbocycles. The Bertz CT molecular complexity index is 141. The standard InChI is InChI=1S/C8H18N2O3/c1-7(10-8(11)9-2)6-13-5-4-12-3/h7H,4-6H2,1-3H3,(H2,9,10,11). The smallest absolute Gasteiger partial charge is 0.314 e. The van der Waals surface area contributed by atoms with Crippen molar-refractivity contribution in [3.8, 4) is 0 Å². The van der Waals surface area contributed by atoms with Crippen molar-refractivity contribution in [3.63, 3.8) is 0 Å². The molecule has 0 aromatic rings. The van der Waals surface area contributed by atoms with Gasteiger partial charge in [0.25, 0.3) is 0 Å². The van der Waals surface area contributed by atoms with Crippen LogP contribution in [0.2, 0.25) is 0 Å². The van der Waals surface area contributed by atoms with Gasteiger partial charge < -0.3 is 20.1 Å². The highest BCUT2D eigenvalue weighted by atomic mass is 16.5. The van der Waals surface area contributed by atoms with Crippen LogP contribution in [0.15, 0.2) is 0 Å². The van der Waals surface area contributed by atoms with E-state index < -0.39 is 0 Å². The molecular formula is C8H18N2O3. The van der Waals surface area contributed by atoms with E-state index in [2.05, 4.69) is 10.6 Å². The molecule has 2 amide bonds. The zero-order chi connectivity index (χ0) is 10.1. The molecular weight excluding hydrogens is 172 g/mol. The van der Waals surface area contributed by atoms with Gasteiger partial charge in [-0.15, -0.1) is 0 Å². The van der Waals surface area contributed by atoms with E-state index in [4.69, 9.17) is 9.47 Å². The van der Waals surface area contributed by atoms with Crippen LogP contribution in [-0.2, 0) is 9.47 Å². The number of carbonyl (C=O) groups excluding carboxylic acids is 1. The molecule has 0 rings (SSSR count). The summed E-state index contributed by atoms with van der Waals surface area (Å²) in [5.41, 5.74) is 0. The first-order valence-electron chi connectivity index (χ1n) is 4.25. The minimum absolute atomic E-state index is 0.0109. The van der Waals surface area contributed by atoms with Crippen molar-refractivity contribution in [3.05, 3.63) is 0 Å². The number of hydrogen-bond acceptors (Lipinski definition) is 3. The predicted molar refractivity (Wildman–Crippen MR) is 49.7 cm³/mol. The maximum absolute atomic E-state index is 10.8. The van der Waals surface area contributed by atoms with E-state index in [1.54, 1.807) is 14.2 Å². The summed E-state index contributed by atoms with van der Waals surface area (Å²) in [7, 11) is 3.20. The Morgan fingerprint density at radius 3 is 2.69 bits per heavy atom. The number of amides is 2. The van der Waals surface area contributed by atoms with E-state index in [1.165, 1.54) is 0 Å². The van der Waals surface area contributed by atoms with Gasteiger partial charge in [-0.25, -0.2) is 4.79 Å². The van der Waals surface area contributed by atoms with E-state index in [9.17, 15) is 4.79 Å². The fraction of sp³-hybridized carbons (Fsp3) is 0.875. The molecule has 5 nitrogen and oxygen atoms in total. The molecule has 0 spiro atoms. The van der Waals surface area contributed by atoms with E-state index in [1.807, 2.05) is 6.92 Å². The van der Waals surface area contributed by atoms with Crippen LogP contribution >= 0.6 is 0 Å². The number of rotatable bonds is 6. The van der Waals surface area contributed by atoms with Crippen LogP contribution in [0.4, 0.5) is 4.79 Å². The molecule has 0 radical (unpaired) electrons. The van der Waals surface area contributed by atoms with Crippen LogP contribution < -0.4 is 10.6 Å². The first-order chi connectivity index (χ1) is 6.20. The summed E-state index contributed by atoms with van der Waals surface area (Å²) in [6.45, 7) is 3.50. The molecule has 1 atom stereocenters. The molecule has 0 aliphatic rings. The number of ether oxygens (including phenoxy) is 2. The van der Waals surface area contributed by atoms with E-state index in [0.717, 1.165) is 0 Å². The summed E-state index contributed by atoms with van der Waals surface area (Å²) < 4.78 is 10.0. The average molecular weight is 190 g/mol. The van der Waals surface area contributed by atoms with Gasteiger partial charge in [-0.1, -0.05) is 0 Å². The fourth-order valence-corrected chi connectivity index (χ4v) is 0.740. The SMILES string of the molecule is CNC(=O)NC(C)COCCOC. The van der Waals surface area contributed by atoms with Crippen molar-refractivity contribution in [2.45, 2.75) is 13.0 Å². The van der Waals surface area contributed by atoms with Gasteiger partial charge in [0.2, 0.25) is 0 Å². The van der Waals surface area contributed by atoms with Crippen LogP contribution in [0.5, 0.6) is 0 Å². The van der Waals surface area contributed by atoms with Crippen LogP contribution in [0, 0.1) is 0 Å². The zero-order valence-corrected chi connectivity index (χ0v) is 8.42. The lowest BCUT2D eigenvalue weighted by molar-refractivity contribution is 0.0623. The lowest BCUT2D eigenvalue weighted by Gasteiger charge is -2.13. The number of urea groups is 1. The predicted octanol–water partition coefficient (Wildman–Crippen LogP) is -0.0331. The summed E-state index contributed by atoms with van der Waals surface area (Å²) in [6, 6.07) is -0.181. The molecule has 0 saturated carbocycles. The molecule has 5 heteroatoms. The summed E-state index contributed by atoms with van der Waals surface area (Å²) >= 11 is 0. The molecule has 2 N–H and O–H groups in total. The van der Waals surface area contributed by atoms with Crippen LogP contribution in [-0.4, -0.2) is 46.1 Å². The number of nitrogens with one attached hydrogen (secondary N) is 2.